The number of amides is 1. The Morgan fingerprint density at radius 3 is 2.65 bits per heavy atom. The first-order chi connectivity index (χ1) is 12.1. The summed E-state index contributed by atoms with van der Waals surface area (Å²) in [7, 11) is 1.15. The van der Waals surface area contributed by atoms with Crippen LogP contribution in [0, 0.1) is 12.7 Å². The number of carbonyl (C=O) groups is 2. The number of aryl methyl sites for hydroxylation is 1. The summed E-state index contributed by atoms with van der Waals surface area (Å²) in [6.07, 6.45) is -2.77. The average molecular weight is 389 g/mol. The monoisotopic (exact) mass is 389 g/mol. The van der Waals surface area contributed by atoms with E-state index in [2.05, 4.69) is 20.3 Å². The molecule has 1 N–H and O–H groups in total. The fourth-order valence-electron chi connectivity index (χ4n) is 1.89. The molecule has 0 atom stereocenters. The van der Waals surface area contributed by atoms with Gasteiger partial charge in [-0.2, -0.15) is 18.3 Å². The van der Waals surface area contributed by atoms with Crippen molar-refractivity contribution in [2.75, 3.05) is 7.11 Å². The molecule has 1 amide bonds. The first kappa shape index (κ1) is 19.6. The number of halogens is 4. The molecule has 0 radical (unpaired) electrons. The van der Waals surface area contributed by atoms with Gasteiger partial charge < -0.3 is 4.74 Å². The van der Waals surface area contributed by atoms with E-state index in [0.717, 1.165) is 37.2 Å². The van der Waals surface area contributed by atoms with Crippen LogP contribution in [0.25, 0.3) is 0 Å². The van der Waals surface area contributed by atoms with E-state index in [-0.39, 0.29) is 21.2 Å². The molecule has 6 nitrogen and oxygen atoms in total. The van der Waals surface area contributed by atoms with Gasteiger partial charge >= 0.3 is 12.1 Å². The fourth-order valence-corrected chi connectivity index (χ4v) is 2.63. The molecule has 1 fully saturated rings. The second kappa shape index (κ2) is 7.68. The second-order valence-electron chi connectivity index (χ2n) is 4.92. The van der Waals surface area contributed by atoms with Gasteiger partial charge in [-0.3, -0.25) is 10.1 Å². The van der Waals surface area contributed by atoms with Gasteiger partial charge in [0.15, 0.2) is 5.17 Å². The van der Waals surface area contributed by atoms with Crippen LogP contribution < -0.4 is 5.32 Å². The van der Waals surface area contributed by atoms with E-state index < -0.39 is 29.4 Å². The summed E-state index contributed by atoms with van der Waals surface area (Å²) in [4.78, 5) is 22.7. The third-order valence-electron chi connectivity index (χ3n) is 3.10. The zero-order valence-corrected chi connectivity index (χ0v) is 14.2. The Bertz CT molecular complexity index is 847. The number of alkyl halides is 3. The molecule has 138 valence electrons. The van der Waals surface area contributed by atoms with Gasteiger partial charge in [-0.25, -0.2) is 9.18 Å². The zero-order valence-electron chi connectivity index (χ0n) is 13.3. The number of thioether (sulfide) groups is 1. The number of amidine groups is 1. The normalized spacial score (nSPS) is 18.0. The van der Waals surface area contributed by atoms with Crippen LogP contribution in [0.4, 0.5) is 17.6 Å². The van der Waals surface area contributed by atoms with Crippen molar-refractivity contribution < 1.29 is 31.9 Å². The van der Waals surface area contributed by atoms with E-state index in [9.17, 15) is 27.2 Å². The Morgan fingerprint density at radius 1 is 1.35 bits per heavy atom. The maximum atomic E-state index is 13.8. The van der Waals surface area contributed by atoms with Gasteiger partial charge in [0.05, 0.1) is 23.8 Å². The molecular formula is C15H11F4N3O3S. The number of rotatable bonds is 3. The summed E-state index contributed by atoms with van der Waals surface area (Å²) in [5, 5.41) is 9.51. The molecule has 1 aromatic rings. The molecule has 0 aliphatic carbocycles. The predicted octanol–water partition coefficient (Wildman–Crippen LogP) is 2.76. The van der Waals surface area contributed by atoms with Gasteiger partial charge in [0.2, 0.25) is 0 Å². The number of nitrogens with one attached hydrogen (secondary N) is 1. The van der Waals surface area contributed by atoms with Gasteiger partial charge in [0, 0.05) is 11.6 Å². The molecule has 2 rings (SSSR count). The number of hydrogen-bond acceptors (Lipinski definition) is 6. The maximum Gasteiger partial charge on any atom is 0.416 e. The molecule has 1 aliphatic heterocycles. The molecule has 0 spiro atoms. The van der Waals surface area contributed by atoms with Crippen LogP contribution in [0.2, 0.25) is 0 Å². The predicted molar refractivity (Wildman–Crippen MR) is 87.0 cm³/mol. The van der Waals surface area contributed by atoms with Gasteiger partial charge in [0.1, 0.15) is 5.82 Å². The Labute approximate surface area is 149 Å². The van der Waals surface area contributed by atoms with Crippen molar-refractivity contribution >= 4 is 35.0 Å². The van der Waals surface area contributed by atoms with Gasteiger partial charge in [-0.1, -0.05) is 0 Å². The molecule has 0 unspecified atom stereocenters. The van der Waals surface area contributed by atoms with Crippen LogP contribution in [0.15, 0.2) is 33.3 Å². The number of nitrogens with zero attached hydrogens (tertiary/aromatic N) is 2. The first-order valence-corrected chi connectivity index (χ1v) is 7.70. The van der Waals surface area contributed by atoms with E-state index in [1.165, 1.54) is 6.92 Å². The highest BCUT2D eigenvalue weighted by Crippen LogP contribution is 2.32. The van der Waals surface area contributed by atoms with Crippen molar-refractivity contribution in [3.05, 3.63) is 45.6 Å². The van der Waals surface area contributed by atoms with E-state index in [1.54, 1.807) is 0 Å². The number of ether oxygens (including phenoxy) is 1. The molecule has 1 aromatic carbocycles. The Hall–Kier alpha value is -2.69. The van der Waals surface area contributed by atoms with E-state index in [4.69, 9.17) is 0 Å². The van der Waals surface area contributed by atoms with Crippen molar-refractivity contribution in [1.82, 2.24) is 5.32 Å². The van der Waals surface area contributed by atoms with Crippen LogP contribution >= 0.6 is 11.8 Å². The van der Waals surface area contributed by atoms with Gasteiger partial charge in [0.25, 0.3) is 5.91 Å². The largest absolute Gasteiger partial charge is 0.466 e. The van der Waals surface area contributed by atoms with Crippen LogP contribution in [-0.2, 0) is 20.5 Å². The third kappa shape index (κ3) is 4.69. The molecule has 1 aliphatic rings. The van der Waals surface area contributed by atoms with Crippen LogP contribution in [0.3, 0.4) is 0 Å². The van der Waals surface area contributed by atoms with Crippen molar-refractivity contribution in [3.63, 3.8) is 0 Å². The summed E-state index contributed by atoms with van der Waals surface area (Å²) < 4.78 is 56.3. The minimum Gasteiger partial charge on any atom is -0.466 e. The van der Waals surface area contributed by atoms with Crippen LogP contribution in [0.1, 0.15) is 16.7 Å². The van der Waals surface area contributed by atoms with Crippen molar-refractivity contribution in [3.8, 4) is 0 Å². The van der Waals surface area contributed by atoms with Gasteiger partial charge in [-0.05, 0) is 36.4 Å². The first-order valence-electron chi connectivity index (χ1n) is 6.89. The minimum absolute atomic E-state index is 0.0189. The summed E-state index contributed by atoms with van der Waals surface area (Å²) in [6.45, 7) is 1.20. The second-order valence-corrected chi connectivity index (χ2v) is 5.95. The zero-order chi connectivity index (χ0) is 19.5. The molecular weight excluding hydrogens is 378 g/mol. The number of esters is 1. The average Bonchev–Trinajstić information content (AvgIpc) is 2.88. The maximum absolute atomic E-state index is 13.8. The number of benzene rings is 1. The lowest BCUT2D eigenvalue weighted by Crippen LogP contribution is -2.19. The van der Waals surface area contributed by atoms with E-state index in [1.807, 2.05) is 0 Å². The number of carbonyl (C=O) groups excluding carboxylic acids is 2. The lowest BCUT2D eigenvalue weighted by Gasteiger charge is -2.11. The molecule has 11 heteroatoms. The molecule has 0 aromatic heterocycles. The topological polar surface area (TPSA) is 80.1 Å². The van der Waals surface area contributed by atoms with E-state index in [0.29, 0.717) is 6.07 Å². The highest BCUT2D eigenvalue weighted by atomic mass is 32.2. The molecule has 1 saturated heterocycles. The Morgan fingerprint density at radius 2 is 2.04 bits per heavy atom. The smallest absolute Gasteiger partial charge is 0.416 e. The summed E-state index contributed by atoms with van der Waals surface area (Å²) >= 11 is 0.804. The lowest BCUT2D eigenvalue weighted by atomic mass is 10.0. The minimum atomic E-state index is -4.66. The molecule has 1 heterocycles. The Kier molecular flexibility index (Phi) is 5.80. The summed E-state index contributed by atoms with van der Waals surface area (Å²) in [5.74, 6) is -2.43. The SMILES string of the molecule is COC(=O)/C=C1/S/C(=N\N=Cc2cc(C)c(C(F)(F)F)cc2F)NC1=O. The summed E-state index contributed by atoms with van der Waals surface area (Å²) in [5.41, 5.74) is -1.44. The van der Waals surface area contributed by atoms with Crippen molar-refractivity contribution in [2.45, 2.75) is 13.1 Å². The van der Waals surface area contributed by atoms with Crippen molar-refractivity contribution in [2.24, 2.45) is 10.2 Å². The standard InChI is InChI=1S/C15H11F4N3O3S/c1-7-3-8(10(16)4-9(7)15(17,18)19)6-20-22-14-21-13(24)11(26-14)5-12(23)25-2/h3-6H,1-2H3,(H,21,22,24)/b11-5+,20-6?. The van der Waals surface area contributed by atoms with E-state index >= 15 is 0 Å². The quantitative estimate of drug-likeness (QED) is 0.283. The van der Waals surface area contributed by atoms with Crippen molar-refractivity contribution in [1.29, 1.82) is 0 Å². The lowest BCUT2D eigenvalue weighted by molar-refractivity contribution is -0.138. The Balaban J connectivity index is 2.18. The molecule has 0 saturated carbocycles. The van der Waals surface area contributed by atoms with Crippen LogP contribution in [-0.4, -0.2) is 30.4 Å². The highest BCUT2D eigenvalue weighted by Gasteiger charge is 2.33. The third-order valence-corrected chi connectivity index (χ3v) is 4.00. The molecule has 26 heavy (non-hydrogen) atoms. The van der Waals surface area contributed by atoms with Crippen LogP contribution in [0.5, 0.6) is 0 Å². The number of methoxy groups -OCH3 is 1. The number of hydrogen-bond donors (Lipinski definition) is 1. The highest BCUT2D eigenvalue weighted by molar-refractivity contribution is 8.18. The summed E-state index contributed by atoms with van der Waals surface area (Å²) in [6, 6.07) is 1.37. The molecule has 0 bridgehead atoms. The van der Waals surface area contributed by atoms with Gasteiger partial charge in [-0.15, -0.1) is 5.10 Å². The fraction of sp³-hybridized carbons (Fsp3) is 0.200.